The van der Waals surface area contributed by atoms with Crippen LogP contribution < -0.4 is 0 Å². The summed E-state index contributed by atoms with van der Waals surface area (Å²) >= 11 is 0. The molecule has 1 amide bonds. The lowest BCUT2D eigenvalue weighted by Gasteiger charge is -2.49. The molecule has 0 bridgehead atoms. The van der Waals surface area contributed by atoms with Crippen molar-refractivity contribution in [2.75, 3.05) is 27.2 Å². The van der Waals surface area contributed by atoms with Gasteiger partial charge in [-0.3, -0.25) is 9.69 Å². The zero-order chi connectivity index (χ0) is 10.1. The van der Waals surface area contributed by atoms with E-state index in [1.54, 1.807) is 4.90 Å². The number of hydrogen-bond donors (Lipinski definition) is 0. The van der Waals surface area contributed by atoms with Gasteiger partial charge in [0.05, 0.1) is 19.2 Å². The molecule has 1 fully saturated rings. The molecule has 0 aromatic rings. The highest BCUT2D eigenvalue weighted by molar-refractivity contribution is 5.77. The Bertz CT molecular complexity index is 248. The Labute approximate surface area is 78.7 Å². The fourth-order valence-electron chi connectivity index (χ4n) is 1.44. The summed E-state index contributed by atoms with van der Waals surface area (Å²) in [5, 5.41) is 8.95. The van der Waals surface area contributed by atoms with Crippen LogP contribution in [0, 0.1) is 11.3 Å². The lowest BCUT2D eigenvalue weighted by atomic mass is 9.90. The first-order valence-corrected chi connectivity index (χ1v) is 4.42. The molecule has 0 atom stereocenters. The minimum atomic E-state index is -0.440. The average Bonchev–Trinajstić information content (AvgIpc) is 2.02. The van der Waals surface area contributed by atoms with Crippen LogP contribution in [0.1, 0.15) is 13.3 Å². The van der Waals surface area contributed by atoms with Crippen molar-refractivity contribution in [3.8, 4) is 6.07 Å². The molecule has 0 spiro atoms. The van der Waals surface area contributed by atoms with E-state index in [-0.39, 0.29) is 5.91 Å². The van der Waals surface area contributed by atoms with Gasteiger partial charge >= 0.3 is 0 Å². The SMILES string of the molecule is CCC(=O)N1CC(C#N)(N(C)C)C1. The van der Waals surface area contributed by atoms with Gasteiger partial charge in [-0.2, -0.15) is 5.26 Å². The van der Waals surface area contributed by atoms with E-state index in [0.717, 1.165) is 0 Å². The van der Waals surface area contributed by atoms with Gasteiger partial charge in [0.15, 0.2) is 0 Å². The van der Waals surface area contributed by atoms with Gasteiger partial charge in [-0.05, 0) is 14.1 Å². The number of likely N-dealkylation sites (tertiary alicyclic amines) is 1. The third-order valence-corrected chi connectivity index (χ3v) is 2.62. The fraction of sp³-hybridized carbons (Fsp3) is 0.778. The molecular weight excluding hydrogens is 166 g/mol. The van der Waals surface area contributed by atoms with E-state index < -0.39 is 5.54 Å². The Morgan fingerprint density at radius 3 is 2.46 bits per heavy atom. The van der Waals surface area contributed by atoms with Crippen LogP contribution in [0.3, 0.4) is 0 Å². The van der Waals surface area contributed by atoms with Gasteiger partial charge in [-0.25, -0.2) is 0 Å². The number of nitrogens with zero attached hydrogens (tertiary/aromatic N) is 3. The van der Waals surface area contributed by atoms with Crippen molar-refractivity contribution in [2.24, 2.45) is 0 Å². The van der Waals surface area contributed by atoms with Crippen LogP contribution in [-0.2, 0) is 4.79 Å². The van der Waals surface area contributed by atoms with E-state index in [2.05, 4.69) is 6.07 Å². The molecule has 1 saturated heterocycles. The van der Waals surface area contributed by atoms with Crippen LogP contribution in [0.2, 0.25) is 0 Å². The largest absolute Gasteiger partial charge is 0.337 e. The molecule has 1 aliphatic rings. The maximum atomic E-state index is 11.2. The number of carbonyl (C=O) groups excluding carboxylic acids is 1. The second-order valence-electron chi connectivity index (χ2n) is 3.64. The van der Waals surface area contributed by atoms with Gasteiger partial charge < -0.3 is 4.90 Å². The van der Waals surface area contributed by atoms with Crippen LogP contribution in [0.15, 0.2) is 0 Å². The van der Waals surface area contributed by atoms with Gasteiger partial charge in [0.25, 0.3) is 0 Å². The quantitative estimate of drug-likeness (QED) is 0.605. The maximum Gasteiger partial charge on any atom is 0.222 e. The molecule has 13 heavy (non-hydrogen) atoms. The number of hydrogen-bond acceptors (Lipinski definition) is 3. The Morgan fingerprint density at radius 2 is 2.15 bits per heavy atom. The Hall–Kier alpha value is -1.08. The van der Waals surface area contributed by atoms with Crippen molar-refractivity contribution in [1.82, 2.24) is 9.80 Å². The normalized spacial score (nSPS) is 19.5. The average molecular weight is 181 g/mol. The lowest BCUT2D eigenvalue weighted by molar-refractivity contribution is -0.140. The molecule has 4 heteroatoms. The smallest absolute Gasteiger partial charge is 0.222 e. The van der Waals surface area contributed by atoms with E-state index in [1.165, 1.54) is 0 Å². The summed E-state index contributed by atoms with van der Waals surface area (Å²) < 4.78 is 0. The highest BCUT2D eigenvalue weighted by atomic mass is 16.2. The summed E-state index contributed by atoms with van der Waals surface area (Å²) in [6.45, 7) is 2.93. The van der Waals surface area contributed by atoms with Crippen molar-refractivity contribution in [1.29, 1.82) is 5.26 Å². The van der Waals surface area contributed by atoms with Crippen LogP contribution in [0.4, 0.5) is 0 Å². The van der Waals surface area contributed by atoms with Gasteiger partial charge in [0.2, 0.25) is 5.91 Å². The highest BCUT2D eigenvalue weighted by Crippen LogP contribution is 2.25. The Kier molecular flexibility index (Phi) is 2.58. The van der Waals surface area contributed by atoms with E-state index in [1.807, 2.05) is 25.9 Å². The first-order chi connectivity index (χ1) is 6.05. The number of amides is 1. The van der Waals surface area contributed by atoms with Crippen molar-refractivity contribution in [3.63, 3.8) is 0 Å². The standard InChI is InChI=1S/C9H15N3O/c1-4-8(13)12-6-9(5-10,7-12)11(2)3/h4,6-7H2,1-3H3. The van der Waals surface area contributed by atoms with Crippen molar-refractivity contribution in [2.45, 2.75) is 18.9 Å². The fourth-order valence-corrected chi connectivity index (χ4v) is 1.44. The second kappa shape index (κ2) is 3.35. The number of nitriles is 1. The number of rotatable bonds is 2. The summed E-state index contributed by atoms with van der Waals surface area (Å²) in [6.07, 6.45) is 0.523. The predicted octanol–water partition coefficient (Wildman–Crippen LogP) is 0.0626. The van der Waals surface area contributed by atoms with Crippen molar-refractivity contribution >= 4 is 5.91 Å². The Balaban J connectivity index is 2.56. The summed E-state index contributed by atoms with van der Waals surface area (Å²) in [5.74, 6) is 0.132. The summed E-state index contributed by atoms with van der Waals surface area (Å²) in [4.78, 5) is 14.8. The van der Waals surface area contributed by atoms with Crippen LogP contribution in [0.5, 0.6) is 0 Å². The van der Waals surface area contributed by atoms with Crippen molar-refractivity contribution in [3.05, 3.63) is 0 Å². The molecule has 1 aliphatic heterocycles. The topological polar surface area (TPSA) is 47.3 Å². The minimum absolute atomic E-state index is 0.132. The van der Waals surface area contributed by atoms with E-state index in [4.69, 9.17) is 5.26 Å². The van der Waals surface area contributed by atoms with Gasteiger partial charge in [-0.15, -0.1) is 0 Å². The first kappa shape index (κ1) is 10.0. The third-order valence-electron chi connectivity index (χ3n) is 2.62. The molecule has 0 radical (unpaired) electrons. The second-order valence-corrected chi connectivity index (χ2v) is 3.64. The van der Waals surface area contributed by atoms with Crippen LogP contribution in [0.25, 0.3) is 0 Å². The molecular formula is C9H15N3O. The molecule has 1 rings (SSSR count). The lowest BCUT2D eigenvalue weighted by Crippen LogP contribution is -2.68. The monoisotopic (exact) mass is 181 g/mol. The van der Waals surface area contributed by atoms with E-state index in [0.29, 0.717) is 19.5 Å². The summed E-state index contributed by atoms with van der Waals surface area (Å²) in [5.41, 5.74) is -0.440. The van der Waals surface area contributed by atoms with E-state index >= 15 is 0 Å². The Morgan fingerprint density at radius 1 is 1.62 bits per heavy atom. The minimum Gasteiger partial charge on any atom is -0.337 e. The first-order valence-electron chi connectivity index (χ1n) is 4.42. The number of carbonyl (C=O) groups is 1. The predicted molar refractivity (Wildman–Crippen MR) is 48.9 cm³/mol. The molecule has 0 aromatic carbocycles. The van der Waals surface area contributed by atoms with Gasteiger partial charge in [-0.1, -0.05) is 6.92 Å². The maximum absolute atomic E-state index is 11.2. The molecule has 0 aliphatic carbocycles. The zero-order valence-electron chi connectivity index (χ0n) is 8.37. The van der Waals surface area contributed by atoms with Crippen LogP contribution >= 0.6 is 0 Å². The molecule has 0 saturated carbocycles. The molecule has 0 aromatic heterocycles. The molecule has 4 nitrogen and oxygen atoms in total. The number of likely N-dealkylation sites (N-methyl/N-ethyl adjacent to an activating group) is 1. The molecule has 0 unspecified atom stereocenters. The van der Waals surface area contributed by atoms with Crippen molar-refractivity contribution < 1.29 is 4.79 Å². The van der Waals surface area contributed by atoms with Crippen LogP contribution in [-0.4, -0.2) is 48.4 Å². The molecule has 1 heterocycles. The molecule has 0 N–H and O–H groups in total. The van der Waals surface area contributed by atoms with Gasteiger partial charge in [0, 0.05) is 6.42 Å². The van der Waals surface area contributed by atoms with E-state index in [9.17, 15) is 4.79 Å². The third kappa shape index (κ3) is 1.52. The van der Waals surface area contributed by atoms with Gasteiger partial charge in [0.1, 0.15) is 5.54 Å². The molecule has 72 valence electrons. The zero-order valence-corrected chi connectivity index (χ0v) is 8.37. The summed E-state index contributed by atoms with van der Waals surface area (Å²) in [7, 11) is 3.74. The highest BCUT2D eigenvalue weighted by Gasteiger charge is 2.46. The summed E-state index contributed by atoms with van der Waals surface area (Å²) in [6, 6.07) is 2.26.